The highest BCUT2D eigenvalue weighted by molar-refractivity contribution is 5.99. The Kier molecular flexibility index (Phi) is 5.15. The molecule has 0 bridgehead atoms. The first kappa shape index (κ1) is 17.3. The van der Waals surface area contributed by atoms with E-state index in [0.717, 1.165) is 42.9 Å². The largest absolute Gasteiger partial charge is 0.356 e. The molecule has 1 N–H and O–H groups in total. The van der Waals surface area contributed by atoms with Crippen LogP contribution in [-0.2, 0) is 0 Å². The van der Waals surface area contributed by atoms with Gasteiger partial charge in [0.25, 0.3) is 5.91 Å². The lowest BCUT2D eigenvalue weighted by atomic mass is 9.98. The van der Waals surface area contributed by atoms with E-state index in [4.69, 9.17) is 0 Å². The number of amides is 1. The topological polar surface area (TPSA) is 45.2 Å². The number of aromatic nitrogens is 1. The lowest BCUT2D eigenvalue weighted by Gasteiger charge is -2.23. The SMILES string of the molecule is O=C(NC(c1ccccc1)c1ccccc1)c1cccnc1N1CCCC1. The van der Waals surface area contributed by atoms with Crippen LogP contribution < -0.4 is 10.2 Å². The summed E-state index contributed by atoms with van der Waals surface area (Å²) >= 11 is 0. The van der Waals surface area contributed by atoms with Crippen LogP contribution in [0.2, 0.25) is 0 Å². The van der Waals surface area contributed by atoms with Gasteiger partial charge in [-0.15, -0.1) is 0 Å². The van der Waals surface area contributed by atoms with Gasteiger partial charge in [0.05, 0.1) is 11.6 Å². The molecule has 0 aliphatic carbocycles. The lowest BCUT2D eigenvalue weighted by molar-refractivity contribution is 0.0943. The molecule has 0 radical (unpaired) electrons. The predicted molar refractivity (Wildman–Crippen MR) is 108 cm³/mol. The summed E-state index contributed by atoms with van der Waals surface area (Å²) in [6.07, 6.45) is 4.05. The van der Waals surface area contributed by atoms with Crippen LogP contribution in [-0.4, -0.2) is 24.0 Å². The van der Waals surface area contributed by atoms with Gasteiger partial charge in [-0.3, -0.25) is 4.79 Å². The van der Waals surface area contributed by atoms with Gasteiger partial charge in [-0.2, -0.15) is 0 Å². The molecule has 3 aromatic rings. The Balaban J connectivity index is 1.65. The zero-order chi connectivity index (χ0) is 18.5. The summed E-state index contributed by atoms with van der Waals surface area (Å²) in [5.41, 5.74) is 2.75. The number of rotatable bonds is 5. The van der Waals surface area contributed by atoms with Gasteiger partial charge in [0.15, 0.2) is 0 Å². The predicted octanol–water partition coefficient (Wildman–Crippen LogP) is 4.20. The average Bonchev–Trinajstić information content (AvgIpc) is 3.28. The maximum Gasteiger partial charge on any atom is 0.255 e. The molecule has 1 amide bonds. The molecule has 1 aliphatic heterocycles. The smallest absolute Gasteiger partial charge is 0.255 e. The summed E-state index contributed by atoms with van der Waals surface area (Å²) in [5.74, 6) is 0.690. The van der Waals surface area contributed by atoms with Gasteiger partial charge < -0.3 is 10.2 Å². The van der Waals surface area contributed by atoms with Crippen molar-refractivity contribution in [2.24, 2.45) is 0 Å². The summed E-state index contributed by atoms with van der Waals surface area (Å²) in [5, 5.41) is 3.22. The van der Waals surface area contributed by atoms with Crippen molar-refractivity contribution in [1.82, 2.24) is 10.3 Å². The maximum atomic E-state index is 13.2. The minimum atomic E-state index is -0.202. The van der Waals surface area contributed by atoms with Crippen LogP contribution in [0.3, 0.4) is 0 Å². The summed E-state index contributed by atoms with van der Waals surface area (Å²) in [6, 6.07) is 23.6. The van der Waals surface area contributed by atoms with Crippen LogP contribution in [0, 0.1) is 0 Å². The lowest BCUT2D eigenvalue weighted by Crippen LogP contribution is -2.31. The molecule has 4 heteroatoms. The highest BCUT2D eigenvalue weighted by atomic mass is 16.1. The van der Waals surface area contributed by atoms with Gasteiger partial charge in [0.2, 0.25) is 0 Å². The molecule has 1 aromatic heterocycles. The van der Waals surface area contributed by atoms with E-state index in [1.54, 1.807) is 6.20 Å². The van der Waals surface area contributed by atoms with Crippen LogP contribution in [0.4, 0.5) is 5.82 Å². The van der Waals surface area contributed by atoms with Crippen LogP contribution in [0.1, 0.15) is 40.4 Å². The fraction of sp³-hybridized carbons (Fsp3) is 0.217. The molecular weight excluding hydrogens is 334 g/mol. The third kappa shape index (κ3) is 3.85. The number of hydrogen-bond acceptors (Lipinski definition) is 3. The van der Waals surface area contributed by atoms with Crippen molar-refractivity contribution in [3.05, 3.63) is 95.7 Å². The highest BCUT2D eigenvalue weighted by Gasteiger charge is 2.23. The number of nitrogens with one attached hydrogen (secondary N) is 1. The second-order valence-electron chi connectivity index (χ2n) is 6.80. The van der Waals surface area contributed by atoms with Crippen molar-refractivity contribution in [2.45, 2.75) is 18.9 Å². The van der Waals surface area contributed by atoms with E-state index in [1.807, 2.05) is 72.8 Å². The molecule has 136 valence electrons. The second kappa shape index (κ2) is 8.04. The Labute approximate surface area is 159 Å². The van der Waals surface area contributed by atoms with Crippen LogP contribution in [0.25, 0.3) is 0 Å². The molecule has 4 rings (SSSR count). The Hall–Kier alpha value is -3.14. The fourth-order valence-electron chi connectivity index (χ4n) is 3.61. The molecule has 27 heavy (non-hydrogen) atoms. The van der Waals surface area contributed by atoms with Gasteiger partial charge in [-0.05, 0) is 36.1 Å². The third-order valence-electron chi connectivity index (χ3n) is 4.98. The van der Waals surface area contributed by atoms with Crippen molar-refractivity contribution < 1.29 is 4.79 Å². The molecule has 0 atom stereocenters. The summed E-state index contributed by atoms with van der Waals surface area (Å²) in [6.45, 7) is 1.91. The van der Waals surface area contributed by atoms with Crippen LogP contribution in [0.15, 0.2) is 79.0 Å². The number of carbonyl (C=O) groups excluding carboxylic acids is 1. The van der Waals surface area contributed by atoms with Crippen LogP contribution >= 0.6 is 0 Å². The first-order chi connectivity index (χ1) is 13.3. The van der Waals surface area contributed by atoms with Crippen LogP contribution in [0.5, 0.6) is 0 Å². The molecule has 2 heterocycles. The summed E-state index contributed by atoms with van der Waals surface area (Å²) < 4.78 is 0. The first-order valence-electron chi connectivity index (χ1n) is 9.43. The minimum absolute atomic E-state index is 0.0947. The van der Waals surface area contributed by atoms with E-state index < -0.39 is 0 Å². The Bertz CT molecular complexity index is 850. The fourth-order valence-corrected chi connectivity index (χ4v) is 3.61. The molecule has 4 nitrogen and oxygen atoms in total. The molecule has 0 unspecified atom stereocenters. The average molecular weight is 357 g/mol. The quantitative estimate of drug-likeness (QED) is 0.744. The van der Waals surface area contributed by atoms with Gasteiger partial charge >= 0.3 is 0 Å². The Morgan fingerprint density at radius 3 is 2.04 bits per heavy atom. The Morgan fingerprint density at radius 2 is 1.44 bits per heavy atom. The second-order valence-corrected chi connectivity index (χ2v) is 6.80. The van der Waals surface area contributed by atoms with Gasteiger partial charge in [0, 0.05) is 19.3 Å². The van der Waals surface area contributed by atoms with Crippen molar-refractivity contribution in [1.29, 1.82) is 0 Å². The standard InChI is InChI=1S/C23H23N3O/c27-23(20-14-9-15-24-22(20)26-16-7-8-17-26)25-21(18-10-3-1-4-11-18)19-12-5-2-6-13-19/h1-6,9-15,21H,7-8,16-17H2,(H,25,27). The van der Waals surface area contributed by atoms with Crippen molar-refractivity contribution in [2.75, 3.05) is 18.0 Å². The summed E-state index contributed by atoms with van der Waals surface area (Å²) in [7, 11) is 0. The molecule has 0 saturated carbocycles. The number of hydrogen-bond donors (Lipinski definition) is 1. The molecular formula is C23H23N3O. The minimum Gasteiger partial charge on any atom is -0.356 e. The van der Waals surface area contributed by atoms with E-state index in [1.165, 1.54) is 0 Å². The number of anilines is 1. The maximum absolute atomic E-state index is 13.2. The normalized spacial score (nSPS) is 13.7. The van der Waals surface area contributed by atoms with Gasteiger partial charge in [-0.1, -0.05) is 60.7 Å². The first-order valence-corrected chi connectivity index (χ1v) is 9.43. The monoisotopic (exact) mass is 357 g/mol. The van der Waals surface area contributed by atoms with E-state index in [-0.39, 0.29) is 11.9 Å². The molecule has 1 fully saturated rings. The molecule has 2 aromatic carbocycles. The van der Waals surface area contributed by atoms with E-state index in [2.05, 4.69) is 15.2 Å². The van der Waals surface area contributed by atoms with Crippen molar-refractivity contribution in [3.63, 3.8) is 0 Å². The van der Waals surface area contributed by atoms with E-state index in [0.29, 0.717) is 5.56 Å². The number of nitrogens with zero attached hydrogens (tertiary/aromatic N) is 2. The number of carbonyl (C=O) groups is 1. The highest BCUT2D eigenvalue weighted by Crippen LogP contribution is 2.25. The van der Waals surface area contributed by atoms with Crippen molar-refractivity contribution in [3.8, 4) is 0 Å². The van der Waals surface area contributed by atoms with Gasteiger partial charge in [0.1, 0.15) is 5.82 Å². The Morgan fingerprint density at radius 1 is 0.852 bits per heavy atom. The molecule has 1 saturated heterocycles. The van der Waals surface area contributed by atoms with E-state index in [9.17, 15) is 4.79 Å². The number of benzene rings is 2. The van der Waals surface area contributed by atoms with Crippen molar-refractivity contribution >= 4 is 11.7 Å². The third-order valence-corrected chi connectivity index (χ3v) is 4.98. The summed E-state index contributed by atoms with van der Waals surface area (Å²) in [4.78, 5) is 19.9. The zero-order valence-corrected chi connectivity index (χ0v) is 15.2. The zero-order valence-electron chi connectivity index (χ0n) is 15.2. The molecule has 0 spiro atoms. The van der Waals surface area contributed by atoms with E-state index >= 15 is 0 Å². The number of pyridine rings is 1. The molecule has 1 aliphatic rings. The van der Waals surface area contributed by atoms with Gasteiger partial charge in [-0.25, -0.2) is 4.98 Å².